The van der Waals surface area contributed by atoms with Gasteiger partial charge in [0.25, 0.3) is 0 Å². The van der Waals surface area contributed by atoms with Crippen molar-refractivity contribution < 1.29 is 24.5 Å². The van der Waals surface area contributed by atoms with Crippen molar-refractivity contribution in [1.82, 2.24) is 5.32 Å². The first kappa shape index (κ1) is 73.6. The molecule has 0 saturated heterocycles. The lowest BCUT2D eigenvalue weighted by molar-refractivity contribution is -0.143. The van der Waals surface area contributed by atoms with Gasteiger partial charge in [0.1, 0.15) is 0 Å². The summed E-state index contributed by atoms with van der Waals surface area (Å²) >= 11 is 0. The number of aliphatic hydroxyl groups excluding tert-OH is 2. The predicted octanol–water partition coefficient (Wildman–Crippen LogP) is 22.0. The first-order valence-corrected chi connectivity index (χ1v) is 34.5. The second kappa shape index (κ2) is 65.1. The summed E-state index contributed by atoms with van der Waals surface area (Å²) in [6, 6.07) is -0.630. The van der Waals surface area contributed by atoms with Gasteiger partial charge in [-0.1, -0.05) is 360 Å². The number of carbonyl (C=O) groups excluding carboxylic acids is 2. The summed E-state index contributed by atoms with van der Waals surface area (Å²) in [6.45, 7) is 4.94. The van der Waals surface area contributed by atoms with Crippen molar-refractivity contribution in [1.29, 1.82) is 0 Å². The van der Waals surface area contributed by atoms with E-state index in [0.29, 0.717) is 19.4 Å². The number of nitrogens with one attached hydrogen (secondary N) is 1. The van der Waals surface area contributed by atoms with Crippen LogP contribution in [0.3, 0.4) is 0 Å². The first-order valence-electron chi connectivity index (χ1n) is 34.5. The first-order chi connectivity index (χ1) is 37.0. The lowest BCUT2D eigenvalue weighted by atomic mass is 10.0. The smallest absolute Gasteiger partial charge is 0.305 e. The van der Waals surface area contributed by atoms with E-state index < -0.39 is 12.1 Å². The Labute approximate surface area is 469 Å². The molecule has 3 N–H and O–H groups in total. The molecule has 0 aromatic carbocycles. The highest BCUT2D eigenvalue weighted by Gasteiger charge is 2.18. The highest BCUT2D eigenvalue weighted by atomic mass is 16.5. The van der Waals surface area contributed by atoms with Gasteiger partial charge < -0.3 is 20.3 Å². The summed E-state index contributed by atoms with van der Waals surface area (Å²) in [5, 5.41) is 23.3. The van der Waals surface area contributed by atoms with Gasteiger partial charge in [0.15, 0.2) is 0 Å². The molecule has 0 heterocycles. The molecule has 446 valence electrons. The number of hydrogen-bond acceptors (Lipinski definition) is 5. The topological polar surface area (TPSA) is 95.9 Å². The van der Waals surface area contributed by atoms with Crippen LogP contribution in [0, 0.1) is 0 Å². The monoisotopic (exact) mass is 1060 g/mol. The number of amides is 1. The van der Waals surface area contributed by atoms with Crippen LogP contribution in [0.4, 0.5) is 0 Å². The Morgan fingerprint density at radius 3 is 0.907 bits per heavy atom. The van der Waals surface area contributed by atoms with Crippen molar-refractivity contribution in [3.63, 3.8) is 0 Å². The number of rotatable bonds is 65. The molecule has 2 unspecified atom stereocenters. The van der Waals surface area contributed by atoms with E-state index in [2.05, 4.69) is 19.2 Å². The molecule has 0 saturated carbocycles. The Kier molecular flexibility index (Phi) is 63.9. The fourth-order valence-electron chi connectivity index (χ4n) is 11.1. The Morgan fingerprint density at radius 1 is 0.360 bits per heavy atom. The van der Waals surface area contributed by atoms with Crippen molar-refractivity contribution >= 4 is 11.9 Å². The van der Waals surface area contributed by atoms with E-state index in [9.17, 15) is 19.8 Å². The SMILES string of the molecule is CCCCCCCCCCCCCCCCCCCCCCCC/C=C/C(O)C(CO)NC(=O)CCCCCCCCCCCCCCCCCCCCCCOC(=O)CCCCCCCCCCCCCCCC. The van der Waals surface area contributed by atoms with Crippen LogP contribution >= 0.6 is 0 Å². The molecule has 0 aliphatic heterocycles. The van der Waals surface area contributed by atoms with Gasteiger partial charge in [0.2, 0.25) is 5.91 Å². The summed E-state index contributed by atoms with van der Waals surface area (Å²) < 4.78 is 5.49. The van der Waals surface area contributed by atoms with Gasteiger partial charge in [-0.05, 0) is 32.1 Å². The average molecular weight is 1060 g/mol. The number of hydrogen-bond donors (Lipinski definition) is 3. The van der Waals surface area contributed by atoms with Crippen molar-refractivity contribution in [2.24, 2.45) is 0 Å². The molecule has 0 radical (unpaired) electrons. The van der Waals surface area contributed by atoms with Gasteiger partial charge in [-0.2, -0.15) is 0 Å². The van der Waals surface area contributed by atoms with Crippen LogP contribution in [-0.4, -0.2) is 47.4 Å². The molecule has 0 aliphatic carbocycles. The van der Waals surface area contributed by atoms with Gasteiger partial charge in [-0.3, -0.25) is 9.59 Å². The fourth-order valence-corrected chi connectivity index (χ4v) is 11.1. The van der Waals surface area contributed by atoms with E-state index >= 15 is 0 Å². The zero-order valence-corrected chi connectivity index (χ0v) is 51.1. The van der Waals surface area contributed by atoms with Crippen LogP contribution in [0.5, 0.6) is 0 Å². The van der Waals surface area contributed by atoms with E-state index in [-0.39, 0.29) is 18.5 Å². The van der Waals surface area contributed by atoms with Crippen molar-refractivity contribution in [2.45, 2.75) is 405 Å². The summed E-state index contributed by atoms with van der Waals surface area (Å²) in [5.41, 5.74) is 0. The molecule has 0 rings (SSSR count). The van der Waals surface area contributed by atoms with Crippen LogP contribution in [0.1, 0.15) is 393 Å². The zero-order valence-electron chi connectivity index (χ0n) is 51.1. The van der Waals surface area contributed by atoms with E-state index in [1.807, 2.05) is 6.08 Å². The predicted molar refractivity (Wildman–Crippen MR) is 329 cm³/mol. The van der Waals surface area contributed by atoms with Crippen LogP contribution < -0.4 is 5.32 Å². The third-order valence-electron chi connectivity index (χ3n) is 16.3. The third kappa shape index (κ3) is 61.7. The standard InChI is InChI=1S/C69H135NO5/c1-3-5-7-9-11-13-15-17-19-20-21-22-23-24-25-28-31-34-37-41-45-49-53-57-61-67(72)66(65-71)70-68(73)62-58-54-50-46-42-38-35-32-29-26-27-30-33-36-40-44-48-52-56-60-64-75-69(74)63-59-55-51-47-43-39-18-16-14-12-10-8-6-4-2/h57,61,66-67,71-72H,3-56,58-60,62-65H2,1-2H3,(H,70,73)/b61-57+. The Morgan fingerprint density at radius 2 is 0.613 bits per heavy atom. The average Bonchev–Trinajstić information content (AvgIpc) is 3.41. The zero-order chi connectivity index (χ0) is 54.3. The summed E-state index contributed by atoms with van der Waals surface area (Å²) in [7, 11) is 0. The van der Waals surface area contributed by atoms with E-state index in [4.69, 9.17) is 4.74 Å². The van der Waals surface area contributed by atoms with E-state index in [1.54, 1.807) is 6.08 Å². The lowest BCUT2D eigenvalue weighted by Gasteiger charge is -2.20. The molecular formula is C69H135NO5. The Balaban J connectivity index is 3.41. The lowest BCUT2D eigenvalue weighted by Crippen LogP contribution is -2.45. The number of aliphatic hydroxyl groups is 2. The van der Waals surface area contributed by atoms with Gasteiger partial charge in [-0.15, -0.1) is 0 Å². The highest BCUT2D eigenvalue weighted by Crippen LogP contribution is 2.19. The summed E-state index contributed by atoms with van der Waals surface area (Å²) in [5.74, 6) is -0.0515. The highest BCUT2D eigenvalue weighted by molar-refractivity contribution is 5.76. The van der Waals surface area contributed by atoms with Crippen LogP contribution in [-0.2, 0) is 14.3 Å². The van der Waals surface area contributed by atoms with Gasteiger partial charge >= 0.3 is 5.97 Å². The molecule has 75 heavy (non-hydrogen) atoms. The maximum Gasteiger partial charge on any atom is 0.305 e. The molecule has 0 aromatic heterocycles. The minimum absolute atomic E-state index is 0.0134. The van der Waals surface area contributed by atoms with Crippen molar-refractivity contribution in [3.05, 3.63) is 12.2 Å². The Bertz CT molecular complexity index is 1130. The van der Waals surface area contributed by atoms with Crippen LogP contribution in [0.25, 0.3) is 0 Å². The molecule has 1 amide bonds. The Hall–Kier alpha value is -1.40. The number of ether oxygens (including phenoxy) is 1. The quantitative estimate of drug-likeness (QED) is 0.0320. The normalized spacial score (nSPS) is 12.5. The molecule has 6 heteroatoms. The maximum absolute atomic E-state index is 12.5. The molecule has 0 fully saturated rings. The maximum atomic E-state index is 12.5. The van der Waals surface area contributed by atoms with Gasteiger partial charge in [0, 0.05) is 12.8 Å². The van der Waals surface area contributed by atoms with Crippen molar-refractivity contribution in [3.8, 4) is 0 Å². The fraction of sp³-hybridized carbons (Fsp3) is 0.942. The largest absolute Gasteiger partial charge is 0.466 e. The minimum atomic E-state index is -0.846. The minimum Gasteiger partial charge on any atom is -0.466 e. The number of esters is 1. The second-order valence-electron chi connectivity index (χ2n) is 23.9. The molecule has 2 atom stereocenters. The van der Waals surface area contributed by atoms with Gasteiger partial charge in [-0.25, -0.2) is 0 Å². The molecule has 6 nitrogen and oxygen atoms in total. The van der Waals surface area contributed by atoms with Crippen LogP contribution in [0.15, 0.2) is 12.2 Å². The second-order valence-corrected chi connectivity index (χ2v) is 23.9. The molecule has 0 aromatic rings. The molecule has 0 bridgehead atoms. The van der Waals surface area contributed by atoms with E-state index in [1.165, 1.54) is 327 Å². The number of carbonyl (C=O) groups is 2. The molecule has 0 spiro atoms. The molecular weight excluding hydrogens is 923 g/mol. The van der Waals surface area contributed by atoms with E-state index in [0.717, 1.165) is 38.5 Å². The summed E-state index contributed by atoms with van der Waals surface area (Å²) in [6.07, 6.45) is 79.9. The van der Waals surface area contributed by atoms with Gasteiger partial charge in [0.05, 0.1) is 25.4 Å². The third-order valence-corrected chi connectivity index (χ3v) is 16.3. The summed E-state index contributed by atoms with van der Waals surface area (Å²) in [4.78, 5) is 24.6. The number of unbranched alkanes of at least 4 members (excludes halogenated alkanes) is 54. The van der Waals surface area contributed by atoms with Crippen LogP contribution in [0.2, 0.25) is 0 Å². The molecule has 0 aliphatic rings. The van der Waals surface area contributed by atoms with Crippen molar-refractivity contribution in [2.75, 3.05) is 13.2 Å². The number of allylic oxidation sites excluding steroid dienone is 1.